The molecule has 2 aromatic rings. The van der Waals surface area contributed by atoms with Crippen LogP contribution in [0.25, 0.3) is 0 Å². The lowest BCUT2D eigenvalue weighted by Crippen LogP contribution is -2.49. The van der Waals surface area contributed by atoms with E-state index in [4.69, 9.17) is 24.8 Å². The molecule has 9 nitrogen and oxygen atoms in total. The van der Waals surface area contributed by atoms with Crippen LogP contribution in [0.15, 0.2) is 35.7 Å². The van der Waals surface area contributed by atoms with Gasteiger partial charge in [0.1, 0.15) is 5.01 Å². The van der Waals surface area contributed by atoms with Gasteiger partial charge in [0, 0.05) is 43.5 Å². The maximum atomic E-state index is 12.2. The molecule has 1 amide bonds. The van der Waals surface area contributed by atoms with Crippen molar-refractivity contribution in [2.24, 2.45) is 0 Å². The van der Waals surface area contributed by atoms with Crippen LogP contribution in [0.5, 0.6) is 0 Å². The van der Waals surface area contributed by atoms with E-state index in [0.717, 1.165) is 38.3 Å². The molecule has 0 spiro atoms. The van der Waals surface area contributed by atoms with Crippen LogP contribution in [0.4, 0.5) is 0 Å². The Labute approximate surface area is 198 Å². The summed E-state index contributed by atoms with van der Waals surface area (Å²) in [6.45, 7) is 12.4. The number of aromatic nitrogens is 1. The molecule has 1 aliphatic rings. The minimum Gasteiger partial charge on any atom is -0.473 e. The van der Waals surface area contributed by atoms with Gasteiger partial charge in [0.05, 0.1) is 18.8 Å². The molecule has 33 heavy (non-hydrogen) atoms. The van der Waals surface area contributed by atoms with Crippen molar-refractivity contribution in [2.75, 3.05) is 32.7 Å². The standard InChI is InChI=1S/C21H30N4OS.C2H2O4/c1-21(2,3)18-16-27-20(23-18)15-25-11-9-24(10-12-25)14-19(26)22-13-17-7-5-4-6-8-17;3-1(4)2(5)6/h4-8,16H,9-15H2,1-3H3,(H,22,26);(H,3,4)(H,5,6). The van der Waals surface area contributed by atoms with Gasteiger partial charge in [-0.15, -0.1) is 11.3 Å². The van der Waals surface area contributed by atoms with Crippen molar-refractivity contribution in [1.29, 1.82) is 0 Å². The molecule has 0 unspecified atom stereocenters. The summed E-state index contributed by atoms with van der Waals surface area (Å²) in [4.78, 5) is 39.8. The van der Waals surface area contributed by atoms with Gasteiger partial charge in [-0.05, 0) is 5.56 Å². The van der Waals surface area contributed by atoms with Gasteiger partial charge < -0.3 is 15.5 Å². The smallest absolute Gasteiger partial charge is 0.414 e. The first kappa shape index (κ1) is 26.4. The molecule has 0 bridgehead atoms. The number of benzene rings is 1. The summed E-state index contributed by atoms with van der Waals surface area (Å²) in [5, 5.41) is 21.2. The number of piperazine rings is 1. The fourth-order valence-electron chi connectivity index (χ4n) is 3.08. The third kappa shape index (κ3) is 9.68. The highest BCUT2D eigenvalue weighted by Gasteiger charge is 2.21. The number of carboxylic acids is 2. The van der Waals surface area contributed by atoms with Gasteiger partial charge in [-0.3, -0.25) is 14.6 Å². The lowest BCUT2D eigenvalue weighted by molar-refractivity contribution is -0.159. The summed E-state index contributed by atoms with van der Waals surface area (Å²) < 4.78 is 0. The van der Waals surface area contributed by atoms with E-state index >= 15 is 0 Å². The minimum absolute atomic E-state index is 0.0991. The largest absolute Gasteiger partial charge is 0.473 e. The predicted molar refractivity (Wildman–Crippen MR) is 126 cm³/mol. The van der Waals surface area contributed by atoms with Crippen LogP contribution in [-0.2, 0) is 32.9 Å². The van der Waals surface area contributed by atoms with E-state index in [1.165, 1.54) is 10.7 Å². The SMILES string of the molecule is CC(C)(C)c1csc(CN2CCN(CC(=O)NCc3ccccc3)CC2)n1.O=C(O)C(=O)O. The lowest BCUT2D eigenvalue weighted by Gasteiger charge is -2.33. The predicted octanol–water partition coefficient (Wildman–Crippen LogP) is 2.03. The molecule has 0 atom stereocenters. The summed E-state index contributed by atoms with van der Waals surface area (Å²) in [6, 6.07) is 10.0. The van der Waals surface area contributed by atoms with E-state index in [-0.39, 0.29) is 11.3 Å². The zero-order chi connectivity index (χ0) is 24.4. The number of nitrogens with zero attached hydrogens (tertiary/aromatic N) is 3. The Morgan fingerprint density at radius 3 is 2.09 bits per heavy atom. The van der Waals surface area contributed by atoms with Crippen molar-refractivity contribution in [1.82, 2.24) is 20.1 Å². The molecule has 0 saturated carbocycles. The van der Waals surface area contributed by atoms with Crippen molar-refractivity contribution < 1.29 is 24.6 Å². The van der Waals surface area contributed by atoms with Crippen LogP contribution in [0.2, 0.25) is 0 Å². The second kappa shape index (κ2) is 12.4. The molecular formula is C23H32N4O5S. The molecule has 10 heteroatoms. The van der Waals surface area contributed by atoms with Gasteiger partial charge in [-0.2, -0.15) is 0 Å². The molecule has 1 aromatic heterocycles. The van der Waals surface area contributed by atoms with Gasteiger partial charge >= 0.3 is 11.9 Å². The Morgan fingerprint density at radius 2 is 1.58 bits per heavy atom. The molecule has 1 aromatic carbocycles. The molecule has 1 fully saturated rings. The average molecular weight is 477 g/mol. The van der Waals surface area contributed by atoms with Crippen molar-refractivity contribution in [2.45, 2.75) is 39.3 Å². The minimum atomic E-state index is -1.82. The fraction of sp³-hybridized carbons (Fsp3) is 0.478. The molecule has 3 N–H and O–H groups in total. The average Bonchev–Trinajstić information content (AvgIpc) is 3.24. The Balaban J connectivity index is 0.000000569. The maximum Gasteiger partial charge on any atom is 0.414 e. The van der Waals surface area contributed by atoms with Crippen molar-refractivity contribution in [3.05, 3.63) is 52.0 Å². The van der Waals surface area contributed by atoms with Crippen LogP contribution in [-0.4, -0.2) is 75.6 Å². The normalized spacial score (nSPS) is 14.8. The van der Waals surface area contributed by atoms with Crippen molar-refractivity contribution in [3.8, 4) is 0 Å². The third-order valence-electron chi connectivity index (χ3n) is 5.03. The van der Waals surface area contributed by atoms with Gasteiger partial charge in [0.25, 0.3) is 0 Å². The summed E-state index contributed by atoms with van der Waals surface area (Å²) in [5.74, 6) is -3.55. The summed E-state index contributed by atoms with van der Waals surface area (Å²) in [5.41, 5.74) is 2.42. The number of rotatable bonds is 6. The number of carboxylic acid groups (broad SMARTS) is 2. The van der Waals surface area contributed by atoms with E-state index < -0.39 is 11.9 Å². The number of aliphatic carboxylic acids is 2. The van der Waals surface area contributed by atoms with E-state index in [1.807, 2.05) is 30.3 Å². The first-order chi connectivity index (χ1) is 15.5. The number of amides is 1. The summed E-state index contributed by atoms with van der Waals surface area (Å²) in [7, 11) is 0. The first-order valence-corrected chi connectivity index (χ1v) is 11.6. The second-order valence-corrected chi connectivity index (χ2v) is 9.74. The van der Waals surface area contributed by atoms with Gasteiger partial charge in [0.2, 0.25) is 5.91 Å². The Kier molecular flexibility index (Phi) is 9.95. The Hall–Kier alpha value is -2.82. The Morgan fingerprint density at radius 1 is 1.00 bits per heavy atom. The van der Waals surface area contributed by atoms with Crippen LogP contribution in [0.3, 0.4) is 0 Å². The number of carbonyl (C=O) groups is 3. The van der Waals surface area contributed by atoms with Crippen LogP contribution in [0, 0.1) is 0 Å². The quantitative estimate of drug-likeness (QED) is 0.541. The van der Waals surface area contributed by atoms with E-state index in [2.05, 4.69) is 41.3 Å². The molecule has 180 valence electrons. The monoisotopic (exact) mass is 476 g/mol. The molecular weight excluding hydrogens is 444 g/mol. The van der Waals surface area contributed by atoms with Gasteiger partial charge in [0.15, 0.2) is 0 Å². The number of hydrogen-bond donors (Lipinski definition) is 3. The summed E-state index contributed by atoms with van der Waals surface area (Å²) in [6.07, 6.45) is 0. The number of thiazole rings is 1. The topological polar surface area (TPSA) is 123 Å². The second-order valence-electron chi connectivity index (χ2n) is 8.80. The van der Waals surface area contributed by atoms with Crippen molar-refractivity contribution >= 4 is 29.2 Å². The number of hydrogen-bond acceptors (Lipinski definition) is 7. The molecule has 3 rings (SSSR count). The molecule has 1 saturated heterocycles. The first-order valence-electron chi connectivity index (χ1n) is 10.7. The highest BCUT2D eigenvalue weighted by Crippen LogP contribution is 2.24. The highest BCUT2D eigenvalue weighted by molar-refractivity contribution is 7.09. The van der Waals surface area contributed by atoms with Crippen LogP contribution in [0.1, 0.15) is 37.0 Å². The van der Waals surface area contributed by atoms with Gasteiger partial charge in [-0.25, -0.2) is 14.6 Å². The molecule has 0 aliphatic carbocycles. The third-order valence-corrected chi connectivity index (χ3v) is 5.86. The summed E-state index contributed by atoms with van der Waals surface area (Å²) >= 11 is 1.76. The van der Waals surface area contributed by atoms with E-state index in [0.29, 0.717) is 13.1 Å². The highest BCUT2D eigenvalue weighted by atomic mass is 32.1. The lowest BCUT2D eigenvalue weighted by atomic mass is 9.93. The van der Waals surface area contributed by atoms with Crippen LogP contribution < -0.4 is 5.32 Å². The van der Waals surface area contributed by atoms with Gasteiger partial charge in [-0.1, -0.05) is 51.1 Å². The van der Waals surface area contributed by atoms with Crippen molar-refractivity contribution in [3.63, 3.8) is 0 Å². The maximum absolute atomic E-state index is 12.2. The molecule has 1 aliphatic heterocycles. The number of carbonyl (C=O) groups excluding carboxylic acids is 1. The molecule has 0 radical (unpaired) electrons. The zero-order valence-corrected chi connectivity index (χ0v) is 20.1. The van der Waals surface area contributed by atoms with E-state index in [9.17, 15) is 4.79 Å². The number of nitrogens with one attached hydrogen (secondary N) is 1. The van der Waals surface area contributed by atoms with Crippen LogP contribution >= 0.6 is 11.3 Å². The Bertz CT molecular complexity index is 906. The fourth-order valence-corrected chi connectivity index (χ4v) is 4.14. The zero-order valence-electron chi connectivity index (χ0n) is 19.3. The van der Waals surface area contributed by atoms with E-state index in [1.54, 1.807) is 11.3 Å². The molecule has 2 heterocycles.